The molecular weight excluding hydrogens is 594 g/mol. The third kappa shape index (κ3) is 7.45. The van der Waals surface area contributed by atoms with Crippen molar-refractivity contribution in [2.75, 3.05) is 82.0 Å². The molecule has 0 radical (unpaired) electrons. The highest BCUT2D eigenvalue weighted by atomic mass is 32.1. The number of piperazine rings is 1. The summed E-state index contributed by atoms with van der Waals surface area (Å²) in [5.41, 5.74) is 1.45. The number of methoxy groups -OCH3 is 6. The molecule has 1 atom stereocenters. The van der Waals surface area contributed by atoms with Gasteiger partial charge in [-0.15, -0.1) is 0 Å². The zero-order valence-electron chi connectivity index (χ0n) is 26.1. The minimum Gasteiger partial charge on any atom is -0.493 e. The molecule has 0 saturated carbocycles. The number of ether oxygens (including phenoxy) is 7. The van der Waals surface area contributed by atoms with Crippen LogP contribution in [-0.2, 0) is 4.74 Å². The molecule has 1 aliphatic heterocycles. The number of hydrogen-bond acceptors (Lipinski definition) is 10. The largest absolute Gasteiger partial charge is 0.493 e. The summed E-state index contributed by atoms with van der Waals surface area (Å²) in [6.07, 6.45) is -0.381. The van der Waals surface area contributed by atoms with Crippen molar-refractivity contribution in [2.45, 2.75) is 19.9 Å². The number of carbonyl (C=O) groups is 1. The van der Waals surface area contributed by atoms with Crippen molar-refractivity contribution in [1.29, 1.82) is 0 Å². The summed E-state index contributed by atoms with van der Waals surface area (Å²) in [5, 5.41) is 0. The molecule has 43 heavy (non-hydrogen) atoms. The summed E-state index contributed by atoms with van der Waals surface area (Å²) < 4.78 is 38.9. The van der Waals surface area contributed by atoms with E-state index in [1.807, 2.05) is 38.1 Å². The van der Waals surface area contributed by atoms with Crippen LogP contribution in [0.5, 0.6) is 34.5 Å². The minimum absolute atomic E-state index is 0.105. The number of nitrogens with zero attached hydrogens (tertiary/aromatic N) is 3. The third-order valence-corrected chi connectivity index (χ3v) is 8.24. The third-order valence-electron chi connectivity index (χ3n) is 7.27. The van der Waals surface area contributed by atoms with Gasteiger partial charge in [-0.2, -0.15) is 0 Å². The second-order valence-corrected chi connectivity index (χ2v) is 10.3. The average molecular weight is 636 g/mol. The van der Waals surface area contributed by atoms with E-state index in [2.05, 4.69) is 9.80 Å². The lowest BCUT2D eigenvalue weighted by Crippen LogP contribution is -2.58. The monoisotopic (exact) mass is 635 g/mol. The first kappa shape index (κ1) is 33.8. The molecular formula is C30H41N3O8S2. The molecule has 0 spiro atoms. The predicted molar refractivity (Wildman–Crippen MR) is 172 cm³/mol. The number of benzene rings is 2. The molecule has 11 nitrogen and oxygen atoms in total. The van der Waals surface area contributed by atoms with Crippen LogP contribution in [0.15, 0.2) is 24.3 Å². The first-order chi connectivity index (χ1) is 20.7. The van der Waals surface area contributed by atoms with Gasteiger partial charge in [-0.3, -0.25) is 0 Å². The molecule has 0 aromatic heterocycles. The molecule has 2 aromatic carbocycles. The van der Waals surface area contributed by atoms with Gasteiger partial charge in [-0.1, -0.05) is 24.4 Å². The Morgan fingerprint density at radius 1 is 0.744 bits per heavy atom. The first-order valence-electron chi connectivity index (χ1n) is 13.8. The van der Waals surface area contributed by atoms with Crippen LogP contribution in [-0.4, -0.2) is 119 Å². The summed E-state index contributed by atoms with van der Waals surface area (Å²) >= 11 is 12.0. The number of hydrogen-bond donors (Lipinski definition) is 0. The summed E-state index contributed by atoms with van der Waals surface area (Å²) in [4.78, 5) is 19.7. The van der Waals surface area contributed by atoms with E-state index < -0.39 is 0 Å². The molecule has 1 fully saturated rings. The van der Waals surface area contributed by atoms with Gasteiger partial charge in [0.05, 0.1) is 48.7 Å². The molecule has 1 amide bonds. The van der Waals surface area contributed by atoms with E-state index >= 15 is 0 Å². The van der Waals surface area contributed by atoms with Crippen LogP contribution in [0.3, 0.4) is 0 Å². The van der Waals surface area contributed by atoms with Crippen LogP contribution in [0.4, 0.5) is 4.79 Å². The van der Waals surface area contributed by atoms with Gasteiger partial charge in [-0.05, 0) is 38.1 Å². The van der Waals surface area contributed by atoms with Crippen LogP contribution in [0.2, 0.25) is 0 Å². The van der Waals surface area contributed by atoms with E-state index in [0.29, 0.717) is 82.8 Å². The van der Waals surface area contributed by atoms with Crippen LogP contribution in [0.25, 0.3) is 0 Å². The van der Waals surface area contributed by atoms with Gasteiger partial charge in [0.15, 0.2) is 23.0 Å². The molecule has 0 bridgehead atoms. The Bertz CT molecular complexity index is 1250. The number of thiocarbonyl (C=S) groups is 2. The van der Waals surface area contributed by atoms with Crippen molar-refractivity contribution >= 4 is 40.5 Å². The first-order valence-corrected chi connectivity index (χ1v) is 14.6. The Hall–Kier alpha value is -3.71. The Morgan fingerprint density at radius 3 is 1.58 bits per heavy atom. The van der Waals surface area contributed by atoms with E-state index in [-0.39, 0.29) is 18.7 Å². The SMILES string of the molecule is CCN(CC)C(=O)OCC1CN(C(=S)c2cc(OC)c(OC)c(OC)c2)CCN1C(=S)c1cc(OC)c(OC)c(OC)c1. The Kier molecular flexibility index (Phi) is 12.3. The minimum atomic E-state index is -0.381. The molecule has 1 saturated heterocycles. The lowest BCUT2D eigenvalue weighted by molar-refractivity contribution is 0.0666. The lowest BCUT2D eigenvalue weighted by Gasteiger charge is -2.43. The van der Waals surface area contributed by atoms with Crippen molar-refractivity contribution in [3.05, 3.63) is 35.4 Å². The predicted octanol–water partition coefficient (Wildman–Crippen LogP) is 4.25. The molecule has 13 heteroatoms. The van der Waals surface area contributed by atoms with Crippen LogP contribution >= 0.6 is 24.4 Å². The highest BCUT2D eigenvalue weighted by Crippen LogP contribution is 2.40. The quantitative estimate of drug-likeness (QED) is 0.312. The fourth-order valence-corrected chi connectivity index (χ4v) is 5.59. The fraction of sp³-hybridized carbons (Fsp3) is 0.500. The van der Waals surface area contributed by atoms with Gasteiger partial charge in [-0.25, -0.2) is 4.79 Å². The molecule has 1 aliphatic rings. The maximum Gasteiger partial charge on any atom is 0.409 e. The molecule has 1 unspecified atom stereocenters. The molecule has 0 aliphatic carbocycles. The maximum absolute atomic E-state index is 12.8. The summed E-state index contributed by atoms with van der Waals surface area (Å²) in [6, 6.07) is 6.98. The zero-order chi connectivity index (χ0) is 31.7. The fourth-order valence-electron chi connectivity index (χ4n) is 4.95. The standard InChI is InChI=1S/C30H41N3O8S2/c1-9-31(10-2)30(34)41-18-21-17-32(28(42)19-13-22(35-3)26(39-7)23(14-19)36-4)11-12-33(21)29(43)20-15-24(37-5)27(40-8)25(16-20)38-6/h13-16,21H,9-12,17-18H2,1-8H3. The van der Waals surface area contributed by atoms with Crippen LogP contribution < -0.4 is 28.4 Å². The normalized spacial score (nSPS) is 14.5. The van der Waals surface area contributed by atoms with Gasteiger partial charge in [0.25, 0.3) is 0 Å². The Balaban J connectivity index is 1.95. The maximum atomic E-state index is 12.8. The molecule has 0 N–H and O–H groups in total. The van der Waals surface area contributed by atoms with Gasteiger partial charge in [0.1, 0.15) is 16.6 Å². The Labute approximate surface area is 264 Å². The second kappa shape index (κ2) is 15.7. The molecule has 2 aromatic rings. The zero-order valence-corrected chi connectivity index (χ0v) is 27.7. The van der Waals surface area contributed by atoms with Crippen molar-refractivity contribution < 1.29 is 38.0 Å². The van der Waals surface area contributed by atoms with Crippen LogP contribution in [0.1, 0.15) is 25.0 Å². The van der Waals surface area contributed by atoms with E-state index in [0.717, 1.165) is 5.56 Å². The van der Waals surface area contributed by atoms with Gasteiger partial charge in [0.2, 0.25) is 11.5 Å². The second-order valence-electron chi connectivity index (χ2n) is 9.48. The van der Waals surface area contributed by atoms with Crippen molar-refractivity contribution in [3.8, 4) is 34.5 Å². The summed E-state index contributed by atoms with van der Waals surface area (Å²) in [7, 11) is 9.35. The van der Waals surface area contributed by atoms with Crippen LogP contribution in [0, 0.1) is 0 Å². The number of rotatable bonds is 12. The Morgan fingerprint density at radius 2 is 1.19 bits per heavy atom. The van der Waals surface area contributed by atoms with Gasteiger partial charge < -0.3 is 47.9 Å². The number of carbonyl (C=O) groups excluding carboxylic acids is 1. The number of amides is 1. The van der Waals surface area contributed by atoms with Gasteiger partial charge in [0, 0.05) is 43.9 Å². The van der Waals surface area contributed by atoms with E-state index in [1.54, 1.807) is 47.6 Å². The van der Waals surface area contributed by atoms with Crippen molar-refractivity contribution in [3.63, 3.8) is 0 Å². The lowest BCUT2D eigenvalue weighted by atomic mass is 10.1. The topological polar surface area (TPSA) is 91.4 Å². The van der Waals surface area contributed by atoms with E-state index in [1.165, 1.54) is 0 Å². The average Bonchev–Trinajstić information content (AvgIpc) is 3.05. The summed E-state index contributed by atoms with van der Waals surface area (Å²) in [5.74, 6) is 2.95. The molecule has 3 rings (SSSR count). The van der Waals surface area contributed by atoms with Crippen molar-refractivity contribution in [1.82, 2.24) is 14.7 Å². The van der Waals surface area contributed by atoms with E-state index in [9.17, 15) is 4.79 Å². The molecule has 236 valence electrons. The van der Waals surface area contributed by atoms with E-state index in [4.69, 9.17) is 57.6 Å². The highest BCUT2D eigenvalue weighted by Gasteiger charge is 2.33. The molecule has 1 heterocycles. The van der Waals surface area contributed by atoms with Gasteiger partial charge >= 0.3 is 6.09 Å². The van der Waals surface area contributed by atoms with Crippen molar-refractivity contribution in [2.24, 2.45) is 0 Å². The summed E-state index contributed by atoms with van der Waals surface area (Å²) in [6.45, 7) is 6.56. The highest BCUT2D eigenvalue weighted by molar-refractivity contribution is 7.81. The smallest absolute Gasteiger partial charge is 0.409 e.